The second-order valence-electron chi connectivity index (χ2n) is 4.59. The number of nitrogens with one attached hydrogen (secondary N) is 1. The summed E-state index contributed by atoms with van der Waals surface area (Å²) in [5, 5.41) is 3.22. The molecular weight excluding hydrogens is 288 g/mol. The van der Waals surface area contributed by atoms with E-state index >= 15 is 0 Å². The zero-order valence-corrected chi connectivity index (χ0v) is 11.1. The Morgan fingerprint density at radius 2 is 2.00 bits per heavy atom. The highest BCUT2D eigenvalue weighted by atomic mass is 79.9. The van der Waals surface area contributed by atoms with Gasteiger partial charge >= 0.3 is 0 Å². The summed E-state index contributed by atoms with van der Waals surface area (Å²) in [7, 11) is 0. The largest absolute Gasteiger partial charge is 0.317 e. The normalized spacial score (nSPS) is 19.2. The van der Waals surface area contributed by atoms with Crippen molar-refractivity contribution in [1.29, 1.82) is 0 Å². The molecule has 1 fully saturated rings. The molecule has 0 bridgehead atoms. The van der Waals surface area contributed by atoms with Crippen LogP contribution in [0.1, 0.15) is 18.4 Å². The van der Waals surface area contributed by atoms with Crippen LogP contribution in [-0.2, 0) is 6.42 Å². The molecule has 1 heterocycles. The van der Waals surface area contributed by atoms with Gasteiger partial charge in [-0.05, 0) is 55.6 Å². The molecule has 1 atom stereocenters. The van der Waals surface area contributed by atoms with Gasteiger partial charge in [-0.3, -0.25) is 0 Å². The highest BCUT2D eigenvalue weighted by Crippen LogP contribution is 2.24. The van der Waals surface area contributed by atoms with Crippen molar-refractivity contribution in [1.82, 2.24) is 5.32 Å². The van der Waals surface area contributed by atoms with Gasteiger partial charge in [-0.1, -0.05) is 15.9 Å². The predicted molar refractivity (Wildman–Crippen MR) is 68.3 cm³/mol. The van der Waals surface area contributed by atoms with Crippen molar-refractivity contribution in [3.8, 4) is 0 Å². The lowest BCUT2D eigenvalue weighted by molar-refractivity contribution is 0.187. The third-order valence-corrected chi connectivity index (χ3v) is 3.71. The van der Waals surface area contributed by atoms with Crippen molar-refractivity contribution in [2.24, 2.45) is 5.92 Å². The van der Waals surface area contributed by atoms with E-state index in [1.54, 1.807) is 6.07 Å². The monoisotopic (exact) mass is 303 g/mol. The summed E-state index contributed by atoms with van der Waals surface area (Å²) in [6.07, 6.45) is 1.18. The topological polar surface area (TPSA) is 12.0 Å². The van der Waals surface area contributed by atoms with Gasteiger partial charge in [0.25, 0.3) is 0 Å². The molecule has 0 saturated carbocycles. The molecule has 0 aromatic heterocycles. The van der Waals surface area contributed by atoms with Crippen LogP contribution in [0.3, 0.4) is 0 Å². The first-order valence-corrected chi connectivity index (χ1v) is 6.74. The number of rotatable bonds is 3. The molecule has 1 unspecified atom stereocenters. The van der Waals surface area contributed by atoms with Crippen LogP contribution in [0.25, 0.3) is 0 Å². The molecule has 4 heteroatoms. The number of hydrogen-bond acceptors (Lipinski definition) is 1. The van der Waals surface area contributed by atoms with Crippen molar-refractivity contribution < 1.29 is 8.78 Å². The molecule has 0 radical (unpaired) electrons. The van der Waals surface area contributed by atoms with Gasteiger partial charge in [-0.25, -0.2) is 8.78 Å². The summed E-state index contributed by atoms with van der Waals surface area (Å²) in [5.41, 5.74) is 0.725. The van der Waals surface area contributed by atoms with Crippen LogP contribution < -0.4 is 5.32 Å². The summed E-state index contributed by atoms with van der Waals surface area (Å²) in [5.74, 6) is -0.204. The summed E-state index contributed by atoms with van der Waals surface area (Å²) < 4.78 is 27.9. The van der Waals surface area contributed by atoms with E-state index in [1.165, 1.54) is 12.1 Å². The van der Waals surface area contributed by atoms with Crippen LogP contribution in [-0.4, -0.2) is 19.3 Å². The third-order valence-electron chi connectivity index (χ3n) is 3.25. The Balaban J connectivity index is 1.99. The average Bonchev–Trinajstić information content (AvgIpc) is 2.28. The van der Waals surface area contributed by atoms with Gasteiger partial charge in [0, 0.05) is 10.9 Å². The van der Waals surface area contributed by atoms with Gasteiger partial charge in [-0.15, -0.1) is 0 Å². The number of hydrogen-bond donors (Lipinski definition) is 1. The lowest BCUT2D eigenvalue weighted by atomic mass is 9.89. The molecule has 1 aliphatic heterocycles. The predicted octanol–water partition coefficient (Wildman–Crippen LogP) is 3.47. The fourth-order valence-electron chi connectivity index (χ4n) is 2.33. The zero-order valence-electron chi connectivity index (χ0n) is 9.56. The van der Waals surface area contributed by atoms with E-state index in [1.807, 2.05) is 0 Å². The Bertz CT molecular complexity index is 357. The van der Waals surface area contributed by atoms with E-state index in [-0.39, 0.29) is 11.7 Å². The second kappa shape index (κ2) is 5.91. The smallest absolute Gasteiger partial charge is 0.124 e. The molecule has 0 aliphatic carbocycles. The van der Waals surface area contributed by atoms with E-state index in [0.717, 1.165) is 31.5 Å². The molecule has 1 aromatic rings. The number of piperidine rings is 1. The lowest BCUT2D eigenvalue weighted by Crippen LogP contribution is -2.33. The molecule has 0 amide bonds. The van der Waals surface area contributed by atoms with Crippen LogP contribution in [0.5, 0.6) is 0 Å². The maximum absolute atomic E-state index is 14.1. The molecule has 1 nitrogen and oxygen atoms in total. The summed E-state index contributed by atoms with van der Waals surface area (Å²) in [6.45, 7) is 1.77. The second-order valence-corrected chi connectivity index (χ2v) is 5.50. The Morgan fingerprint density at radius 3 is 2.65 bits per heavy atom. The van der Waals surface area contributed by atoms with E-state index in [4.69, 9.17) is 0 Å². The quantitative estimate of drug-likeness (QED) is 0.901. The highest BCUT2D eigenvalue weighted by molar-refractivity contribution is 9.10. The molecule has 1 N–H and O–H groups in total. The first-order valence-electron chi connectivity index (χ1n) is 5.95. The van der Waals surface area contributed by atoms with Crippen molar-refractivity contribution >= 4 is 15.9 Å². The first-order chi connectivity index (χ1) is 8.15. The van der Waals surface area contributed by atoms with Crippen LogP contribution >= 0.6 is 15.9 Å². The molecule has 94 valence electrons. The fourth-order valence-corrected chi connectivity index (χ4v) is 2.84. The Morgan fingerprint density at radius 1 is 1.29 bits per heavy atom. The lowest BCUT2D eigenvalue weighted by Gasteiger charge is -2.25. The Hall–Kier alpha value is -0.480. The van der Waals surface area contributed by atoms with Gasteiger partial charge in [0.2, 0.25) is 0 Å². The molecular formula is C13H16BrF2N. The summed E-state index contributed by atoms with van der Waals surface area (Å²) in [4.78, 5) is 0. The molecule has 1 aliphatic rings. The van der Waals surface area contributed by atoms with Gasteiger partial charge in [0.05, 0.1) is 0 Å². The summed E-state index contributed by atoms with van der Waals surface area (Å²) >= 11 is 3.23. The number of benzene rings is 1. The molecule has 1 saturated heterocycles. The van der Waals surface area contributed by atoms with Gasteiger partial charge in [-0.2, -0.15) is 0 Å². The molecule has 2 rings (SSSR count). The van der Waals surface area contributed by atoms with Crippen LogP contribution in [0, 0.1) is 11.7 Å². The minimum absolute atomic E-state index is 0.110. The van der Waals surface area contributed by atoms with Crippen LogP contribution in [0.15, 0.2) is 22.7 Å². The molecule has 0 spiro atoms. The first kappa shape index (κ1) is 13.0. The molecule has 1 aromatic carbocycles. The zero-order chi connectivity index (χ0) is 12.3. The van der Waals surface area contributed by atoms with E-state index in [2.05, 4.69) is 21.2 Å². The number of alkyl halides is 1. The van der Waals surface area contributed by atoms with Crippen molar-refractivity contribution in [2.45, 2.75) is 25.4 Å². The van der Waals surface area contributed by atoms with E-state index in [9.17, 15) is 8.78 Å². The van der Waals surface area contributed by atoms with Gasteiger partial charge in [0.1, 0.15) is 12.0 Å². The maximum atomic E-state index is 14.1. The van der Waals surface area contributed by atoms with Crippen molar-refractivity contribution in [2.75, 3.05) is 13.1 Å². The van der Waals surface area contributed by atoms with E-state index in [0.29, 0.717) is 10.9 Å². The maximum Gasteiger partial charge on any atom is 0.124 e. The minimum atomic E-state index is -0.870. The number of halogens is 3. The van der Waals surface area contributed by atoms with Crippen LogP contribution in [0.4, 0.5) is 8.78 Å². The average molecular weight is 304 g/mol. The molecule has 17 heavy (non-hydrogen) atoms. The third kappa shape index (κ3) is 3.75. The van der Waals surface area contributed by atoms with Gasteiger partial charge < -0.3 is 5.32 Å². The standard InChI is InChI=1S/C13H16BrF2N/c14-11-5-9(6-12(15)8-11)7-13(16)10-1-3-17-4-2-10/h5-6,8,10,13,17H,1-4,7H2. The Labute approximate surface area is 109 Å². The van der Waals surface area contributed by atoms with Crippen molar-refractivity contribution in [3.05, 3.63) is 34.1 Å². The SMILES string of the molecule is Fc1cc(Br)cc(CC(F)C2CCNCC2)c1. The fraction of sp³-hybridized carbons (Fsp3) is 0.538. The van der Waals surface area contributed by atoms with Crippen molar-refractivity contribution in [3.63, 3.8) is 0 Å². The minimum Gasteiger partial charge on any atom is -0.317 e. The summed E-state index contributed by atoms with van der Waals surface area (Å²) in [6, 6.07) is 4.59. The Kier molecular flexibility index (Phi) is 4.51. The van der Waals surface area contributed by atoms with Crippen LogP contribution in [0.2, 0.25) is 0 Å². The van der Waals surface area contributed by atoms with E-state index < -0.39 is 6.17 Å². The van der Waals surface area contributed by atoms with Gasteiger partial charge in [0.15, 0.2) is 0 Å². The highest BCUT2D eigenvalue weighted by Gasteiger charge is 2.23.